The average molecular weight is 334 g/mol. The number of urea groups is 1. The molecule has 0 saturated carbocycles. The molecule has 0 radical (unpaired) electrons. The van der Waals surface area contributed by atoms with Crippen LogP contribution in [0.2, 0.25) is 0 Å². The number of hydrogen-bond donors (Lipinski definition) is 0. The van der Waals surface area contributed by atoms with Crippen LogP contribution in [-0.2, 0) is 6.42 Å². The number of amides is 2. The van der Waals surface area contributed by atoms with Crippen molar-refractivity contribution in [1.29, 1.82) is 0 Å². The number of nitrogens with zero attached hydrogens (tertiary/aromatic N) is 4. The Kier molecular flexibility index (Phi) is 5.96. The molecule has 1 aromatic rings. The predicted octanol–water partition coefficient (Wildman–Crippen LogP) is 3.63. The lowest BCUT2D eigenvalue weighted by atomic mass is 10.2. The molecule has 1 aromatic heterocycles. The topological polar surface area (TPSA) is 39.7 Å². The summed E-state index contributed by atoms with van der Waals surface area (Å²) in [6.07, 6.45) is 4.88. The van der Waals surface area contributed by atoms with E-state index in [2.05, 4.69) is 29.7 Å². The van der Waals surface area contributed by atoms with Gasteiger partial charge in [-0.25, -0.2) is 4.79 Å². The van der Waals surface area contributed by atoms with E-state index in [1.54, 1.807) is 0 Å². The van der Waals surface area contributed by atoms with E-state index < -0.39 is 0 Å². The van der Waals surface area contributed by atoms with E-state index in [9.17, 15) is 4.79 Å². The predicted molar refractivity (Wildman–Crippen MR) is 96.9 cm³/mol. The van der Waals surface area contributed by atoms with Crippen molar-refractivity contribution in [2.45, 2.75) is 34.1 Å². The first-order valence-electron chi connectivity index (χ1n) is 7.97. The molecule has 1 saturated heterocycles. The van der Waals surface area contributed by atoms with Crippen LogP contribution in [0.3, 0.4) is 0 Å². The zero-order valence-electron chi connectivity index (χ0n) is 14.5. The van der Waals surface area contributed by atoms with Crippen molar-refractivity contribution in [3.8, 4) is 0 Å². The van der Waals surface area contributed by atoms with E-state index >= 15 is 0 Å². The van der Waals surface area contributed by atoms with Crippen LogP contribution in [0.4, 0.5) is 9.80 Å². The van der Waals surface area contributed by atoms with Gasteiger partial charge < -0.3 is 4.90 Å². The van der Waals surface area contributed by atoms with Crippen LogP contribution in [0.5, 0.6) is 0 Å². The maximum atomic E-state index is 12.9. The Labute approximate surface area is 143 Å². The Hall–Kier alpha value is -1.66. The first kappa shape index (κ1) is 17.7. The van der Waals surface area contributed by atoms with Crippen LogP contribution in [0.15, 0.2) is 24.3 Å². The molecular formula is C17H26N4OS. The van der Waals surface area contributed by atoms with Crippen LogP contribution in [-0.4, -0.2) is 46.6 Å². The van der Waals surface area contributed by atoms with Crippen LogP contribution in [0, 0.1) is 6.92 Å². The third kappa shape index (κ3) is 4.00. The number of carbonyl (C=O) groups is 1. The van der Waals surface area contributed by atoms with Crippen molar-refractivity contribution in [3.63, 3.8) is 0 Å². The Morgan fingerprint density at radius 1 is 1.43 bits per heavy atom. The highest BCUT2D eigenvalue weighted by molar-refractivity contribution is 7.10. The van der Waals surface area contributed by atoms with Crippen molar-refractivity contribution in [3.05, 3.63) is 35.6 Å². The Morgan fingerprint density at radius 2 is 2.17 bits per heavy atom. The van der Waals surface area contributed by atoms with Crippen molar-refractivity contribution in [2.24, 2.45) is 0 Å². The van der Waals surface area contributed by atoms with Crippen molar-refractivity contribution < 1.29 is 4.79 Å². The molecule has 1 aliphatic heterocycles. The van der Waals surface area contributed by atoms with Gasteiger partial charge in [0.1, 0.15) is 5.00 Å². The Bertz CT molecular complexity index is 608. The number of anilines is 1. The third-order valence-corrected chi connectivity index (χ3v) is 4.86. The molecule has 5 nitrogen and oxygen atoms in total. The largest absolute Gasteiger partial charge is 0.327 e. The summed E-state index contributed by atoms with van der Waals surface area (Å²) in [5.74, 6) is 0. The fraction of sp³-hybridized carbons (Fsp3) is 0.529. The van der Waals surface area contributed by atoms with E-state index in [4.69, 9.17) is 0 Å². The van der Waals surface area contributed by atoms with Gasteiger partial charge in [0.2, 0.25) is 0 Å². The van der Waals surface area contributed by atoms with Crippen molar-refractivity contribution >= 4 is 22.6 Å². The molecule has 2 amide bonds. The molecule has 0 bridgehead atoms. The molecule has 6 heteroatoms. The molecule has 0 aromatic carbocycles. The van der Waals surface area contributed by atoms with E-state index in [0.29, 0.717) is 19.9 Å². The summed E-state index contributed by atoms with van der Waals surface area (Å²) in [6.45, 7) is 14.8. The molecular weight excluding hydrogens is 308 g/mol. The Morgan fingerprint density at radius 3 is 2.74 bits per heavy atom. The van der Waals surface area contributed by atoms with Crippen LogP contribution >= 0.6 is 11.5 Å². The minimum atomic E-state index is 0.0514. The molecule has 0 unspecified atom stereocenters. The number of aryl methyl sites for hydroxylation is 1. The molecule has 126 valence electrons. The molecule has 23 heavy (non-hydrogen) atoms. The van der Waals surface area contributed by atoms with E-state index in [1.165, 1.54) is 11.5 Å². The Balaban J connectivity index is 2.28. The molecule has 0 aliphatic carbocycles. The number of carbonyl (C=O) groups excluding carboxylic acids is 1. The molecule has 0 atom stereocenters. The fourth-order valence-electron chi connectivity index (χ4n) is 2.72. The second kappa shape index (κ2) is 7.75. The van der Waals surface area contributed by atoms with Gasteiger partial charge in [-0.2, -0.15) is 4.37 Å². The van der Waals surface area contributed by atoms with Gasteiger partial charge in [0.15, 0.2) is 0 Å². The second-order valence-electron chi connectivity index (χ2n) is 5.98. The first-order chi connectivity index (χ1) is 11.0. The SMILES string of the molecule is C=C(C)CN1CN(CC=CC)C(=O)N(c2snc(CC)c2C)C1. The van der Waals surface area contributed by atoms with Crippen molar-refractivity contribution in [1.82, 2.24) is 14.2 Å². The van der Waals surface area contributed by atoms with Gasteiger partial charge in [-0.1, -0.05) is 31.2 Å². The second-order valence-corrected chi connectivity index (χ2v) is 6.74. The lowest BCUT2D eigenvalue weighted by Crippen LogP contribution is -2.58. The zero-order valence-corrected chi connectivity index (χ0v) is 15.3. The molecule has 2 rings (SSSR count). The summed E-state index contributed by atoms with van der Waals surface area (Å²) >= 11 is 1.42. The van der Waals surface area contributed by atoms with Gasteiger partial charge in [-0.05, 0) is 38.7 Å². The lowest BCUT2D eigenvalue weighted by Gasteiger charge is -2.41. The van der Waals surface area contributed by atoms with Crippen LogP contribution in [0.25, 0.3) is 0 Å². The highest BCUT2D eigenvalue weighted by Gasteiger charge is 2.32. The van der Waals surface area contributed by atoms with E-state index in [1.807, 2.05) is 35.8 Å². The van der Waals surface area contributed by atoms with Gasteiger partial charge in [0, 0.05) is 18.7 Å². The maximum Gasteiger partial charge on any atom is 0.327 e. The first-order valence-corrected chi connectivity index (χ1v) is 8.74. The monoisotopic (exact) mass is 334 g/mol. The van der Waals surface area contributed by atoms with E-state index in [-0.39, 0.29) is 6.03 Å². The average Bonchev–Trinajstić information content (AvgIpc) is 2.87. The van der Waals surface area contributed by atoms with Gasteiger partial charge in [-0.3, -0.25) is 9.80 Å². The maximum absolute atomic E-state index is 12.9. The smallest absolute Gasteiger partial charge is 0.308 e. The quantitative estimate of drug-likeness (QED) is 0.746. The van der Waals surface area contributed by atoms with Crippen LogP contribution in [0.1, 0.15) is 32.0 Å². The summed E-state index contributed by atoms with van der Waals surface area (Å²) in [4.78, 5) is 18.8. The van der Waals surface area contributed by atoms with Gasteiger partial charge in [0.25, 0.3) is 0 Å². The summed E-state index contributed by atoms with van der Waals surface area (Å²) in [7, 11) is 0. The molecule has 1 fully saturated rings. The highest BCUT2D eigenvalue weighted by atomic mass is 32.1. The third-order valence-electron chi connectivity index (χ3n) is 3.84. The summed E-state index contributed by atoms with van der Waals surface area (Å²) < 4.78 is 4.50. The van der Waals surface area contributed by atoms with Crippen LogP contribution < -0.4 is 4.90 Å². The number of hydrogen-bond acceptors (Lipinski definition) is 4. The van der Waals surface area contributed by atoms with Gasteiger partial charge >= 0.3 is 6.03 Å². The summed E-state index contributed by atoms with van der Waals surface area (Å²) in [6, 6.07) is 0.0514. The summed E-state index contributed by atoms with van der Waals surface area (Å²) in [5, 5.41) is 0.962. The zero-order chi connectivity index (χ0) is 17.0. The van der Waals surface area contributed by atoms with Gasteiger partial charge in [-0.15, -0.1) is 0 Å². The molecule has 0 N–H and O–H groups in total. The molecule has 0 spiro atoms. The normalized spacial score (nSPS) is 16.6. The van der Waals surface area contributed by atoms with Crippen molar-refractivity contribution in [2.75, 3.05) is 31.3 Å². The number of aromatic nitrogens is 1. The standard InChI is InChI=1S/C17H26N4OS/c1-6-8-9-20-11-19(10-13(3)4)12-21(17(20)22)16-14(5)15(7-2)18-23-16/h6,8H,3,7,9-12H2,1-2,4-5H3. The van der Waals surface area contributed by atoms with E-state index in [0.717, 1.165) is 34.8 Å². The van der Waals surface area contributed by atoms with Gasteiger partial charge in [0.05, 0.1) is 19.0 Å². The molecule has 1 aliphatic rings. The minimum Gasteiger partial charge on any atom is -0.308 e. The molecule has 2 heterocycles. The highest BCUT2D eigenvalue weighted by Crippen LogP contribution is 2.31. The fourth-order valence-corrected chi connectivity index (χ4v) is 3.67. The lowest BCUT2D eigenvalue weighted by molar-refractivity contribution is 0.129. The summed E-state index contributed by atoms with van der Waals surface area (Å²) in [5.41, 5.74) is 3.30. The number of rotatable bonds is 6. The minimum absolute atomic E-state index is 0.0514. The number of allylic oxidation sites excluding steroid dienone is 1.